The maximum Gasteiger partial charge on any atom is 0.217 e. The van der Waals surface area contributed by atoms with Crippen LogP contribution in [0.15, 0.2) is 18.3 Å². The molecule has 4 nitrogen and oxygen atoms in total. The van der Waals surface area contributed by atoms with Crippen molar-refractivity contribution in [2.45, 2.75) is 25.8 Å². The number of nitrogens with zero attached hydrogens (tertiary/aromatic N) is 1. The molecule has 0 unspecified atom stereocenters. The van der Waals surface area contributed by atoms with Crippen molar-refractivity contribution in [2.24, 2.45) is 5.92 Å². The average Bonchev–Trinajstić information content (AvgIpc) is 3.22. The Labute approximate surface area is 109 Å². The molecule has 100 valence electrons. The van der Waals surface area contributed by atoms with Crippen LogP contribution in [-0.4, -0.2) is 31.9 Å². The fourth-order valence-corrected chi connectivity index (χ4v) is 1.80. The molecule has 0 saturated heterocycles. The quantitative estimate of drug-likeness (QED) is 0.681. The van der Waals surface area contributed by atoms with Gasteiger partial charge in [0, 0.05) is 31.5 Å². The topological polar surface area (TPSA) is 43.4 Å². The highest BCUT2D eigenvalue weighted by molar-refractivity contribution is 5.24. The minimum atomic E-state index is 0.704. The van der Waals surface area contributed by atoms with E-state index in [9.17, 15) is 0 Å². The lowest BCUT2D eigenvalue weighted by Crippen LogP contribution is -2.17. The molecule has 0 atom stereocenters. The summed E-state index contributed by atoms with van der Waals surface area (Å²) in [6.07, 6.45) is 5.52. The molecule has 1 fully saturated rings. The van der Waals surface area contributed by atoms with Crippen LogP contribution in [0.1, 0.15) is 24.8 Å². The molecule has 1 aliphatic carbocycles. The standard InChI is InChI=1S/C14H22N2O2/c1-17-14-13(4-2-8-16-14)10-15-7-3-9-18-11-12-5-6-12/h2,4,8,12,15H,3,5-7,9-11H2,1H3. The molecule has 2 rings (SSSR count). The maximum absolute atomic E-state index is 5.58. The van der Waals surface area contributed by atoms with E-state index in [1.54, 1.807) is 13.3 Å². The minimum Gasteiger partial charge on any atom is -0.481 e. The van der Waals surface area contributed by atoms with Crippen LogP contribution in [0, 0.1) is 5.92 Å². The Morgan fingerprint density at radius 1 is 1.44 bits per heavy atom. The van der Waals surface area contributed by atoms with Gasteiger partial charge in [-0.05, 0) is 37.8 Å². The number of hydrogen-bond acceptors (Lipinski definition) is 4. The average molecular weight is 250 g/mol. The van der Waals surface area contributed by atoms with Gasteiger partial charge in [-0.25, -0.2) is 4.98 Å². The second kappa shape index (κ2) is 7.34. The molecule has 1 N–H and O–H groups in total. The highest BCUT2D eigenvalue weighted by Gasteiger charge is 2.20. The Kier molecular flexibility index (Phi) is 5.42. The number of aromatic nitrogens is 1. The second-order valence-corrected chi connectivity index (χ2v) is 4.72. The van der Waals surface area contributed by atoms with Crippen molar-refractivity contribution in [1.29, 1.82) is 0 Å². The van der Waals surface area contributed by atoms with E-state index in [1.807, 2.05) is 12.1 Å². The van der Waals surface area contributed by atoms with Crippen LogP contribution < -0.4 is 10.1 Å². The number of ether oxygens (including phenoxy) is 2. The summed E-state index contributed by atoms with van der Waals surface area (Å²) in [6, 6.07) is 3.96. The number of rotatable bonds is 9. The van der Waals surface area contributed by atoms with Gasteiger partial charge in [-0.3, -0.25) is 0 Å². The lowest BCUT2D eigenvalue weighted by molar-refractivity contribution is 0.122. The van der Waals surface area contributed by atoms with E-state index in [0.717, 1.165) is 44.2 Å². The fraction of sp³-hybridized carbons (Fsp3) is 0.643. The van der Waals surface area contributed by atoms with Crippen molar-refractivity contribution < 1.29 is 9.47 Å². The monoisotopic (exact) mass is 250 g/mol. The Morgan fingerprint density at radius 3 is 3.11 bits per heavy atom. The summed E-state index contributed by atoms with van der Waals surface area (Å²) >= 11 is 0. The zero-order valence-corrected chi connectivity index (χ0v) is 11.0. The molecule has 0 radical (unpaired) electrons. The van der Waals surface area contributed by atoms with Crippen LogP contribution in [0.3, 0.4) is 0 Å². The van der Waals surface area contributed by atoms with Gasteiger partial charge < -0.3 is 14.8 Å². The molecule has 1 aromatic heterocycles. The van der Waals surface area contributed by atoms with Gasteiger partial charge in [0.1, 0.15) is 0 Å². The second-order valence-electron chi connectivity index (χ2n) is 4.72. The lowest BCUT2D eigenvalue weighted by Gasteiger charge is -2.08. The first kappa shape index (κ1) is 13.3. The van der Waals surface area contributed by atoms with E-state index in [0.29, 0.717) is 5.88 Å². The maximum atomic E-state index is 5.58. The van der Waals surface area contributed by atoms with Crippen molar-refractivity contribution in [1.82, 2.24) is 10.3 Å². The van der Waals surface area contributed by atoms with E-state index >= 15 is 0 Å². The van der Waals surface area contributed by atoms with Gasteiger partial charge in [-0.15, -0.1) is 0 Å². The highest BCUT2D eigenvalue weighted by atomic mass is 16.5. The van der Waals surface area contributed by atoms with Gasteiger partial charge in [0.25, 0.3) is 0 Å². The molecule has 0 spiro atoms. The Morgan fingerprint density at radius 2 is 2.33 bits per heavy atom. The molecular formula is C14H22N2O2. The van der Waals surface area contributed by atoms with Crippen LogP contribution in [0.5, 0.6) is 5.88 Å². The van der Waals surface area contributed by atoms with Gasteiger partial charge in [-0.1, -0.05) is 6.07 Å². The lowest BCUT2D eigenvalue weighted by atomic mass is 10.2. The van der Waals surface area contributed by atoms with Crippen molar-refractivity contribution >= 4 is 0 Å². The number of pyridine rings is 1. The SMILES string of the molecule is COc1ncccc1CNCCCOCC1CC1. The molecule has 1 saturated carbocycles. The van der Waals surface area contributed by atoms with Crippen LogP contribution in [0.25, 0.3) is 0 Å². The van der Waals surface area contributed by atoms with Gasteiger partial charge in [0.2, 0.25) is 5.88 Å². The largest absolute Gasteiger partial charge is 0.481 e. The van der Waals surface area contributed by atoms with Crippen LogP contribution in [-0.2, 0) is 11.3 Å². The van der Waals surface area contributed by atoms with Crippen LogP contribution in [0.2, 0.25) is 0 Å². The van der Waals surface area contributed by atoms with E-state index in [2.05, 4.69) is 10.3 Å². The molecule has 1 aliphatic rings. The summed E-state index contributed by atoms with van der Waals surface area (Å²) < 4.78 is 10.8. The van der Waals surface area contributed by atoms with Crippen molar-refractivity contribution in [3.05, 3.63) is 23.9 Å². The third kappa shape index (κ3) is 4.63. The first-order valence-corrected chi connectivity index (χ1v) is 6.66. The van der Waals surface area contributed by atoms with Gasteiger partial charge in [0.15, 0.2) is 0 Å². The van der Waals surface area contributed by atoms with Crippen molar-refractivity contribution in [3.8, 4) is 5.88 Å². The molecule has 0 aromatic carbocycles. The van der Waals surface area contributed by atoms with E-state index in [1.165, 1.54) is 12.8 Å². The van der Waals surface area contributed by atoms with Gasteiger partial charge in [0.05, 0.1) is 7.11 Å². The summed E-state index contributed by atoms with van der Waals surface area (Å²) in [4.78, 5) is 4.16. The third-order valence-corrected chi connectivity index (χ3v) is 3.05. The summed E-state index contributed by atoms with van der Waals surface area (Å²) in [5.41, 5.74) is 1.10. The molecule has 4 heteroatoms. The molecule has 1 aromatic rings. The summed E-state index contributed by atoms with van der Waals surface area (Å²) in [5.74, 6) is 1.56. The Balaban J connectivity index is 1.53. The molecule has 0 bridgehead atoms. The van der Waals surface area contributed by atoms with Crippen molar-refractivity contribution in [2.75, 3.05) is 26.9 Å². The third-order valence-electron chi connectivity index (χ3n) is 3.05. The summed E-state index contributed by atoms with van der Waals surface area (Å²) in [6.45, 7) is 3.56. The van der Waals surface area contributed by atoms with E-state index in [-0.39, 0.29) is 0 Å². The molecule has 1 heterocycles. The molecule has 18 heavy (non-hydrogen) atoms. The summed E-state index contributed by atoms with van der Waals surface area (Å²) in [5, 5.41) is 3.38. The predicted molar refractivity (Wildman–Crippen MR) is 70.7 cm³/mol. The number of hydrogen-bond donors (Lipinski definition) is 1. The van der Waals surface area contributed by atoms with E-state index in [4.69, 9.17) is 9.47 Å². The predicted octanol–water partition coefficient (Wildman–Crippen LogP) is 2.00. The van der Waals surface area contributed by atoms with Crippen LogP contribution in [0.4, 0.5) is 0 Å². The zero-order chi connectivity index (χ0) is 12.6. The molecular weight excluding hydrogens is 228 g/mol. The smallest absolute Gasteiger partial charge is 0.217 e. The normalized spacial score (nSPS) is 14.7. The number of methoxy groups -OCH3 is 1. The van der Waals surface area contributed by atoms with Crippen LogP contribution >= 0.6 is 0 Å². The number of nitrogens with one attached hydrogen (secondary N) is 1. The highest BCUT2D eigenvalue weighted by Crippen LogP contribution is 2.28. The molecule has 0 aliphatic heterocycles. The Bertz CT molecular complexity index is 353. The minimum absolute atomic E-state index is 0.704. The first-order valence-electron chi connectivity index (χ1n) is 6.66. The first-order chi connectivity index (χ1) is 8.90. The Hall–Kier alpha value is -1.13. The summed E-state index contributed by atoms with van der Waals surface area (Å²) in [7, 11) is 1.65. The van der Waals surface area contributed by atoms with Gasteiger partial charge >= 0.3 is 0 Å². The van der Waals surface area contributed by atoms with Crippen molar-refractivity contribution in [3.63, 3.8) is 0 Å². The van der Waals surface area contributed by atoms with Gasteiger partial charge in [-0.2, -0.15) is 0 Å². The zero-order valence-electron chi connectivity index (χ0n) is 11.0. The molecule has 0 amide bonds. The fourth-order valence-electron chi connectivity index (χ4n) is 1.80. The van der Waals surface area contributed by atoms with E-state index < -0.39 is 0 Å².